The highest BCUT2D eigenvalue weighted by Gasteiger charge is 2.68. The topological polar surface area (TPSA) is 46.2 Å². The van der Waals surface area contributed by atoms with Gasteiger partial charge in [-0.05, 0) is 42.5 Å². The van der Waals surface area contributed by atoms with Gasteiger partial charge in [-0.2, -0.15) is 0 Å². The molecule has 1 saturated carbocycles. The Morgan fingerprint density at radius 2 is 2.25 bits per heavy atom. The van der Waals surface area contributed by atoms with Crippen LogP contribution in [-0.4, -0.2) is 18.3 Å². The third-order valence-corrected chi connectivity index (χ3v) is 4.63. The molecule has 3 rings (SSSR count). The van der Waals surface area contributed by atoms with Crippen molar-refractivity contribution in [2.75, 3.05) is 13.2 Å². The second-order valence-corrected chi connectivity index (χ2v) is 5.20. The Labute approximate surface area is 94.3 Å². The van der Waals surface area contributed by atoms with Gasteiger partial charge in [-0.15, -0.1) is 0 Å². The molecular weight excluding hydrogens is 205 g/mol. The molecule has 3 heteroatoms. The van der Waals surface area contributed by atoms with Gasteiger partial charge in [0.2, 0.25) is 0 Å². The fourth-order valence-corrected chi connectivity index (χ4v) is 3.53. The minimum Gasteiger partial charge on any atom is -0.396 e. The first-order valence-corrected chi connectivity index (χ1v) is 5.77. The monoisotopic (exact) mass is 221 g/mol. The molecule has 86 valence electrons. The number of rotatable bonds is 2. The van der Waals surface area contributed by atoms with Crippen molar-refractivity contribution in [3.8, 4) is 0 Å². The van der Waals surface area contributed by atoms with E-state index in [2.05, 4.69) is 0 Å². The molecule has 1 aromatic carbocycles. The molecular formula is C13H16FNO. The van der Waals surface area contributed by atoms with Gasteiger partial charge in [0, 0.05) is 17.4 Å². The summed E-state index contributed by atoms with van der Waals surface area (Å²) in [5.41, 5.74) is 8.00. The van der Waals surface area contributed by atoms with Crippen LogP contribution in [0.4, 0.5) is 4.39 Å². The Hall–Kier alpha value is -0.930. The van der Waals surface area contributed by atoms with E-state index in [1.165, 1.54) is 11.6 Å². The maximum atomic E-state index is 13.1. The minimum absolute atomic E-state index is 0.0412. The van der Waals surface area contributed by atoms with Gasteiger partial charge in [0.15, 0.2) is 0 Å². The summed E-state index contributed by atoms with van der Waals surface area (Å²) < 4.78 is 13.1. The highest BCUT2D eigenvalue weighted by molar-refractivity contribution is 5.48. The van der Waals surface area contributed by atoms with Crippen molar-refractivity contribution in [3.63, 3.8) is 0 Å². The van der Waals surface area contributed by atoms with Crippen LogP contribution in [0.25, 0.3) is 0 Å². The van der Waals surface area contributed by atoms with Crippen LogP contribution in [0, 0.1) is 11.2 Å². The van der Waals surface area contributed by atoms with E-state index in [0.29, 0.717) is 6.54 Å². The van der Waals surface area contributed by atoms with Crippen LogP contribution in [0.3, 0.4) is 0 Å². The zero-order valence-electron chi connectivity index (χ0n) is 9.17. The molecule has 0 aromatic heterocycles. The van der Waals surface area contributed by atoms with Gasteiger partial charge in [0.25, 0.3) is 0 Å². The normalized spacial score (nSPS) is 35.4. The van der Waals surface area contributed by atoms with E-state index in [1.54, 1.807) is 6.07 Å². The van der Waals surface area contributed by atoms with Gasteiger partial charge in [0.1, 0.15) is 5.82 Å². The molecule has 0 amide bonds. The second-order valence-electron chi connectivity index (χ2n) is 5.20. The number of aliphatic hydroxyl groups is 1. The molecule has 2 aliphatic rings. The highest BCUT2D eigenvalue weighted by Crippen LogP contribution is 2.69. The maximum Gasteiger partial charge on any atom is 0.123 e. The molecule has 2 unspecified atom stereocenters. The molecule has 0 aliphatic heterocycles. The fraction of sp³-hybridized carbons (Fsp3) is 0.538. The molecule has 0 radical (unpaired) electrons. The van der Waals surface area contributed by atoms with Gasteiger partial charge < -0.3 is 10.8 Å². The minimum atomic E-state index is -0.168. The molecule has 16 heavy (non-hydrogen) atoms. The Balaban J connectivity index is 2.05. The van der Waals surface area contributed by atoms with Crippen molar-refractivity contribution in [1.82, 2.24) is 0 Å². The zero-order valence-corrected chi connectivity index (χ0v) is 9.17. The van der Waals surface area contributed by atoms with Crippen LogP contribution < -0.4 is 5.73 Å². The molecule has 0 bridgehead atoms. The second kappa shape index (κ2) is 3.05. The number of halogens is 1. The van der Waals surface area contributed by atoms with E-state index in [9.17, 15) is 9.50 Å². The van der Waals surface area contributed by atoms with Crippen molar-refractivity contribution >= 4 is 0 Å². The zero-order chi connectivity index (χ0) is 11.4. The Kier molecular flexibility index (Phi) is 1.95. The first-order chi connectivity index (χ1) is 7.67. The van der Waals surface area contributed by atoms with Crippen LogP contribution in [0.1, 0.15) is 24.0 Å². The number of hydrogen-bond acceptors (Lipinski definition) is 2. The lowest BCUT2D eigenvalue weighted by atomic mass is 9.88. The van der Waals surface area contributed by atoms with E-state index >= 15 is 0 Å². The number of nitrogens with two attached hydrogens (primary N) is 1. The van der Waals surface area contributed by atoms with Crippen LogP contribution in [-0.2, 0) is 11.8 Å². The summed E-state index contributed by atoms with van der Waals surface area (Å²) in [6.07, 6.45) is 2.87. The highest BCUT2D eigenvalue weighted by atomic mass is 19.1. The van der Waals surface area contributed by atoms with Crippen LogP contribution >= 0.6 is 0 Å². The summed E-state index contributed by atoms with van der Waals surface area (Å²) in [5, 5.41) is 9.51. The third kappa shape index (κ3) is 1.03. The van der Waals surface area contributed by atoms with Crippen LogP contribution in [0.5, 0.6) is 0 Å². The van der Waals surface area contributed by atoms with Crippen LogP contribution in [0.15, 0.2) is 18.2 Å². The number of fused-ring (bicyclic) bond motifs is 2. The first-order valence-electron chi connectivity index (χ1n) is 5.77. The molecule has 2 nitrogen and oxygen atoms in total. The molecule has 1 aromatic rings. The third-order valence-electron chi connectivity index (χ3n) is 4.63. The van der Waals surface area contributed by atoms with E-state index < -0.39 is 0 Å². The van der Waals surface area contributed by atoms with Crippen molar-refractivity contribution in [3.05, 3.63) is 35.1 Å². The summed E-state index contributed by atoms with van der Waals surface area (Å²) in [4.78, 5) is 0. The largest absolute Gasteiger partial charge is 0.396 e. The summed E-state index contributed by atoms with van der Waals surface area (Å²) in [5.74, 6) is -0.168. The smallest absolute Gasteiger partial charge is 0.123 e. The Morgan fingerprint density at radius 1 is 1.44 bits per heavy atom. The number of aryl methyl sites for hydroxylation is 1. The maximum absolute atomic E-state index is 13.1. The molecule has 2 atom stereocenters. The van der Waals surface area contributed by atoms with Crippen molar-refractivity contribution < 1.29 is 9.50 Å². The molecule has 2 aliphatic carbocycles. The van der Waals surface area contributed by atoms with Gasteiger partial charge in [-0.1, -0.05) is 6.07 Å². The summed E-state index contributed by atoms with van der Waals surface area (Å²) in [7, 11) is 0. The summed E-state index contributed by atoms with van der Waals surface area (Å²) >= 11 is 0. The molecule has 3 N–H and O–H groups in total. The predicted molar refractivity (Wildman–Crippen MR) is 59.6 cm³/mol. The van der Waals surface area contributed by atoms with E-state index in [4.69, 9.17) is 5.73 Å². The first kappa shape index (κ1) is 10.2. The molecule has 0 saturated heterocycles. The summed E-state index contributed by atoms with van der Waals surface area (Å²) in [6, 6.07) is 5.02. The SMILES string of the molecule is NCC1(CO)CC12CCc1cc(F)ccc12. The van der Waals surface area contributed by atoms with Crippen molar-refractivity contribution in [2.45, 2.75) is 24.7 Å². The number of aliphatic hydroxyl groups excluding tert-OH is 1. The van der Waals surface area contributed by atoms with Gasteiger partial charge in [0.05, 0.1) is 6.61 Å². The molecule has 0 heterocycles. The van der Waals surface area contributed by atoms with E-state index in [0.717, 1.165) is 24.8 Å². The summed E-state index contributed by atoms with van der Waals surface area (Å²) in [6.45, 7) is 0.653. The average Bonchev–Trinajstić information content (AvgIpc) is 2.82. The molecule has 1 fully saturated rings. The molecule has 1 spiro atoms. The lowest BCUT2D eigenvalue weighted by Gasteiger charge is -2.19. The van der Waals surface area contributed by atoms with Gasteiger partial charge in [-0.25, -0.2) is 4.39 Å². The lowest BCUT2D eigenvalue weighted by Crippen LogP contribution is -2.28. The number of hydrogen-bond donors (Lipinski definition) is 2. The number of benzene rings is 1. The van der Waals surface area contributed by atoms with Crippen LogP contribution in [0.2, 0.25) is 0 Å². The Morgan fingerprint density at radius 3 is 2.88 bits per heavy atom. The van der Waals surface area contributed by atoms with Crippen molar-refractivity contribution in [2.24, 2.45) is 11.1 Å². The van der Waals surface area contributed by atoms with Gasteiger partial charge >= 0.3 is 0 Å². The van der Waals surface area contributed by atoms with Crippen molar-refractivity contribution in [1.29, 1.82) is 0 Å². The quantitative estimate of drug-likeness (QED) is 0.792. The fourth-order valence-electron chi connectivity index (χ4n) is 3.53. The van der Waals surface area contributed by atoms with E-state index in [-0.39, 0.29) is 23.3 Å². The average molecular weight is 221 g/mol. The lowest BCUT2D eigenvalue weighted by molar-refractivity contribution is 0.195. The Bertz CT molecular complexity index is 442. The van der Waals surface area contributed by atoms with E-state index in [1.807, 2.05) is 6.07 Å². The standard InChI is InChI=1S/C13H16FNO/c14-10-1-2-11-9(5-10)3-4-13(11)6-12(13,7-15)8-16/h1-2,5,16H,3-4,6-8,15H2. The van der Waals surface area contributed by atoms with Gasteiger partial charge in [-0.3, -0.25) is 0 Å². The predicted octanol–water partition coefficient (Wildman–Crippen LogP) is 1.35.